The van der Waals surface area contributed by atoms with Gasteiger partial charge in [-0.1, -0.05) is 0 Å². The van der Waals surface area contributed by atoms with Crippen LogP contribution in [0.2, 0.25) is 0 Å². The van der Waals surface area contributed by atoms with Gasteiger partial charge in [0.2, 0.25) is 5.91 Å². The van der Waals surface area contributed by atoms with E-state index in [1.54, 1.807) is 6.92 Å². The van der Waals surface area contributed by atoms with E-state index in [1.807, 2.05) is 4.90 Å². The van der Waals surface area contributed by atoms with Gasteiger partial charge < -0.3 is 14.5 Å². The molecule has 5 rings (SSSR count). The van der Waals surface area contributed by atoms with E-state index in [-0.39, 0.29) is 30.1 Å². The Labute approximate surface area is 174 Å². The molecule has 0 spiro atoms. The zero-order valence-electron chi connectivity index (χ0n) is 17.9. The Balaban J connectivity index is 1.29. The molecular weight excluding hydrogens is 368 g/mol. The third-order valence-electron chi connectivity index (χ3n) is 7.89. The van der Waals surface area contributed by atoms with Crippen molar-refractivity contribution in [2.75, 3.05) is 26.2 Å². The van der Waals surface area contributed by atoms with Gasteiger partial charge in [-0.15, -0.1) is 0 Å². The Morgan fingerprint density at radius 1 is 1.00 bits per heavy atom. The molecule has 29 heavy (non-hydrogen) atoms. The van der Waals surface area contributed by atoms with Gasteiger partial charge in [-0.25, -0.2) is 9.80 Å². The highest BCUT2D eigenvalue weighted by atomic mass is 16.6. The molecule has 0 bridgehead atoms. The summed E-state index contributed by atoms with van der Waals surface area (Å²) in [7, 11) is 0. The van der Waals surface area contributed by atoms with Crippen LogP contribution in [0.3, 0.4) is 0 Å². The highest BCUT2D eigenvalue weighted by molar-refractivity contribution is 5.75. The number of rotatable bonds is 4. The van der Waals surface area contributed by atoms with Gasteiger partial charge in [0.1, 0.15) is 0 Å². The molecule has 0 aromatic rings. The van der Waals surface area contributed by atoms with E-state index in [2.05, 4.69) is 22.3 Å². The van der Waals surface area contributed by atoms with Gasteiger partial charge in [0, 0.05) is 38.6 Å². The topological polar surface area (TPSA) is 65.1 Å². The minimum atomic E-state index is -0.160. The lowest BCUT2D eigenvalue weighted by atomic mass is 9.73. The van der Waals surface area contributed by atoms with Crippen LogP contribution in [-0.4, -0.2) is 77.2 Å². The molecule has 5 fully saturated rings. The fourth-order valence-corrected chi connectivity index (χ4v) is 5.99. The Morgan fingerprint density at radius 2 is 1.79 bits per heavy atom. The molecule has 4 unspecified atom stereocenters. The zero-order valence-corrected chi connectivity index (χ0v) is 17.9. The van der Waals surface area contributed by atoms with Gasteiger partial charge >= 0.3 is 6.09 Å². The number of amides is 2. The van der Waals surface area contributed by atoms with E-state index in [0.717, 1.165) is 38.4 Å². The fraction of sp³-hybridized carbons (Fsp3) is 0.909. The lowest BCUT2D eigenvalue weighted by Crippen LogP contribution is -2.67. The highest BCUT2D eigenvalue weighted by Gasteiger charge is 2.49. The lowest BCUT2D eigenvalue weighted by molar-refractivity contribution is -0.142. The van der Waals surface area contributed by atoms with Crippen LogP contribution in [0, 0.1) is 17.8 Å². The summed E-state index contributed by atoms with van der Waals surface area (Å²) in [5, 5.41) is 2.45. The molecule has 2 heterocycles. The van der Waals surface area contributed by atoms with Crippen molar-refractivity contribution in [1.29, 1.82) is 0 Å². The summed E-state index contributed by atoms with van der Waals surface area (Å²) >= 11 is 0. The smallest absolute Gasteiger partial charge is 0.410 e. The quantitative estimate of drug-likeness (QED) is 0.778. The highest BCUT2D eigenvalue weighted by Crippen LogP contribution is 2.41. The molecule has 5 aliphatic rings. The molecule has 2 saturated heterocycles. The van der Waals surface area contributed by atoms with Crippen molar-refractivity contribution < 1.29 is 14.3 Å². The Bertz CT molecular complexity index is 650. The molecule has 5 atom stereocenters. The standard InChI is InChI=1S/C22H36N4O3/c1-14-11-24(22(28)29-13-16-3-4-16)21-9-17(5-8-20(21)26(14)15(2)27)18-10-23-25(12-18)19-6-7-19/h14,16-21,23H,3-13H2,1-2H3/t14-,17?,18?,20?,21?/m0/s1. The molecule has 7 heteroatoms. The van der Waals surface area contributed by atoms with Crippen molar-refractivity contribution >= 4 is 12.0 Å². The molecule has 0 aromatic carbocycles. The van der Waals surface area contributed by atoms with Crippen LogP contribution in [0.4, 0.5) is 4.79 Å². The second-order valence-electron chi connectivity index (χ2n) is 10.2. The van der Waals surface area contributed by atoms with Gasteiger partial charge in [0.25, 0.3) is 0 Å². The summed E-state index contributed by atoms with van der Waals surface area (Å²) in [6.45, 7) is 7.08. The molecule has 2 aliphatic heterocycles. The summed E-state index contributed by atoms with van der Waals surface area (Å²) in [5.74, 6) is 1.96. The van der Waals surface area contributed by atoms with Crippen LogP contribution in [0.1, 0.15) is 58.8 Å². The van der Waals surface area contributed by atoms with Crippen LogP contribution in [0.25, 0.3) is 0 Å². The minimum absolute atomic E-state index is 0.0530. The van der Waals surface area contributed by atoms with E-state index in [9.17, 15) is 9.59 Å². The number of fused-ring (bicyclic) bond motifs is 1. The van der Waals surface area contributed by atoms with Crippen molar-refractivity contribution in [2.24, 2.45) is 17.8 Å². The number of nitrogens with zero attached hydrogens (tertiary/aromatic N) is 3. The molecule has 7 nitrogen and oxygen atoms in total. The first-order valence-electron chi connectivity index (χ1n) is 11.7. The number of nitrogens with one attached hydrogen (secondary N) is 1. The summed E-state index contributed by atoms with van der Waals surface area (Å²) < 4.78 is 5.68. The van der Waals surface area contributed by atoms with Crippen molar-refractivity contribution in [2.45, 2.75) is 83.0 Å². The number of hydrazine groups is 1. The predicted octanol–water partition coefficient (Wildman–Crippen LogP) is 2.22. The Morgan fingerprint density at radius 3 is 2.48 bits per heavy atom. The number of hydrogen-bond donors (Lipinski definition) is 1. The van der Waals surface area contributed by atoms with E-state index in [4.69, 9.17) is 4.74 Å². The maximum absolute atomic E-state index is 13.0. The largest absolute Gasteiger partial charge is 0.449 e. The lowest BCUT2D eigenvalue weighted by Gasteiger charge is -2.54. The van der Waals surface area contributed by atoms with Crippen molar-refractivity contribution in [1.82, 2.24) is 20.2 Å². The Hall–Kier alpha value is -1.34. The van der Waals surface area contributed by atoms with Crippen LogP contribution in [0.15, 0.2) is 0 Å². The number of carbonyl (C=O) groups is 2. The van der Waals surface area contributed by atoms with E-state index < -0.39 is 0 Å². The van der Waals surface area contributed by atoms with Crippen LogP contribution < -0.4 is 5.43 Å². The molecule has 162 valence electrons. The molecule has 0 aromatic heterocycles. The molecule has 1 N–H and O–H groups in total. The molecule has 2 amide bonds. The van der Waals surface area contributed by atoms with Crippen LogP contribution >= 0.6 is 0 Å². The van der Waals surface area contributed by atoms with Crippen LogP contribution in [0.5, 0.6) is 0 Å². The number of piperazine rings is 1. The summed E-state index contributed by atoms with van der Waals surface area (Å²) in [6, 6.07) is 1.02. The first-order chi connectivity index (χ1) is 14.0. The van der Waals surface area contributed by atoms with E-state index in [0.29, 0.717) is 30.9 Å². The third kappa shape index (κ3) is 4.00. The third-order valence-corrected chi connectivity index (χ3v) is 7.89. The number of ether oxygens (including phenoxy) is 1. The van der Waals surface area contributed by atoms with Crippen molar-refractivity contribution in [3.63, 3.8) is 0 Å². The molecule has 3 aliphatic carbocycles. The maximum Gasteiger partial charge on any atom is 0.410 e. The second-order valence-corrected chi connectivity index (χ2v) is 10.2. The first kappa shape index (κ1) is 19.6. The van der Waals surface area contributed by atoms with E-state index in [1.165, 1.54) is 25.7 Å². The van der Waals surface area contributed by atoms with Crippen molar-refractivity contribution in [3.05, 3.63) is 0 Å². The fourth-order valence-electron chi connectivity index (χ4n) is 5.99. The summed E-state index contributed by atoms with van der Waals surface area (Å²) in [5.41, 5.74) is 3.61. The zero-order chi connectivity index (χ0) is 20.1. The Kier molecular flexibility index (Phi) is 5.23. The first-order valence-corrected chi connectivity index (χ1v) is 11.7. The summed E-state index contributed by atoms with van der Waals surface area (Å²) in [4.78, 5) is 29.4. The molecular formula is C22H36N4O3. The van der Waals surface area contributed by atoms with Crippen molar-refractivity contribution in [3.8, 4) is 0 Å². The normalized spacial score (nSPS) is 38.1. The van der Waals surface area contributed by atoms with Gasteiger partial charge in [0.15, 0.2) is 0 Å². The number of carbonyl (C=O) groups excluding carboxylic acids is 2. The van der Waals surface area contributed by atoms with Crippen LogP contribution in [-0.2, 0) is 9.53 Å². The number of hydrogen-bond acceptors (Lipinski definition) is 5. The molecule has 0 radical (unpaired) electrons. The predicted molar refractivity (Wildman–Crippen MR) is 109 cm³/mol. The summed E-state index contributed by atoms with van der Waals surface area (Å²) in [6.07, 6.45) is 7.97. The van der Waals surface area contributed by atoms with Gasteiger partial charge in [-0.05, 0) is 69.6 Å². The monoisotopic (exact) mass is 404 g/mol. The van der Waals surface area contributed by atoms with Gasteiger partial charge in [-0.3, -0.25) is 10.2 Å². The van der Waals surface area contributed by atoms with E-state index >= 15 is 0 Å². The van der Waals surface area contributed by atoms with Gasteiger partial charge in [-0.2, -0.15) is 0 Å². The minimum Gasteiger partial charge on any atom is -0.449 e. The average Bonchev–Trinajstić information content (AvgIpc) is 3.64. The SMILES string of the molecule is CC(=O)N1C2CCC(C3CNN(C4CC4)C3)CC2N(C(=O)OCC2CC2)C[C@@H]1C. The van der Waals surface area contributed by atoms with Gasteiger partial charge in [0.05, 0.1) is 18.7 Å². The maximum atomic E-state index is 13.0. The average molecular weight is 405 g/mol. The second kappa shape index (κ2) is 7.73. The molecule has 3 saturated carbocycles.